The molecule has 1 fully saturated rings. The Labute approximate surface area is 131 Å². The lowest BCUT2D eigenvalue weighted by Gasteiger charge is -2.34. The number of aromatic nitrogens is 1. The predicted molar refractivity (Wildman–Crippen MR) is 85.7 cm³/mol. The fourth-order valence-corrected chi connectivity index (χ4v) is 2.38. The maximum atomic E-state index is 12.5. The van der Waals surface area contributed by atoms with Crippen molar-refractivity contribution in [3.05, 3.63) is 24.0 Å². The Morgan fingerprint density at radius 1 is 1.18 bits per heavy atom. The number of hydrogen-bond donors (Lipinski definition) is 1. The second-order valence-electron chi connectivity index (χ2n) is 6.04. The maximum absolute atomic E-state index is 12.5. The normalized spacial score (nSPS) is 15.1. The summed E-state index contributed by atoms with van der Waals surface area (Å²) in [5, 5.41) is 3.28. The van der Waals surface area contributed by atoms with E-state index in [1.165, 1.54) is 0 Å². The highest BCUT2D eigenvalue weighted by Crippen LogP contribution is 2.13. The Morgan fingerprint density at radius 3 is 2.41 bits per heavy atom. The van der Waals surface area contributed by atoms with Crippen molar-refractivity contribution in [2.75, 3.05) is 38.0 Å². The minimum Gasteiger partial charge on any atom is -0.384 e. The Balaban J connectivity index is 1.98. The second-order valence-corrected chi connectivity index (χ2v) is 6.04. The number of piperazine rings is 1. The van der Waals surface area contributed by atoms with Gasteiger partial charge in [-0.1, -0.05) is 13.8 Å². The van der Waals surface area contributed by atoms with Crippen LogP contribution in [0, 0.1) is 5.92 Å². The van der Waals surface area contributed by atoms with E-state index < -0.39 is 0 Å². The molecule has 6 nitrogen and oxygen atoms in total. The number of amides is 2. The second kappa shape index (κ2) is 7.24. The van der Waals surface area contributed by atoms with Gasteiger partial charge in [-0.2, -0.15) is 0 Å². The zero-order valence-electron chi connectivity index (χ0n) is 13.5. The van der Waals surface area contributed by atoms with Gasteiger partial charge < -0.3 is 15.1 Å². The van der Waals surface area contributed by atoms with Crippen LogP contribution in [0.4, 0.5) is 5.69 Å². The lowest BCUT2D eigenvalue weighted by Crippen LogP contribution is -2.50. The van der Waals surface area contributed by atoms with E-state index in [9.17, 15) is 9.59 Å². The Kier molecular flexibility index (Phi) is 5.35. The van der Waals surface area contributed by atoms with Crippen LogP contribution in [0.3, 0.4) is 0 Å². The summed E-state index contributed by atoms with van der Waals surface area (Å²) >= 11 is 0. The number of nitrogens with one attached hydrogen (secondary N) is 1. The topological polar surface area (TPSA) is 65.5 Å². The first-order valence-corrected chi connectivity index (χ1v) is 7.71. The van der Waals surface area contributed by atoms with Crippen molar-refractivity contribution < 1.29 is 9.59 Å². The third-order valence-corrected chi connectivity index (χ3v) is 3.71. The molecule has 0 radical (unpaired) electrons. The zero-order valence-corrected chi connectivity index (χ0v) is 13.5. The number of rotatable bonds is 4. The minimum absolute atomic E-state index is 0.0242. The van der Waals surface area contributed by atoms with Gasteiger partial charge in [0, 0.05) is 52.0 Å². The van der Waals surface area contributed by atoms with Gasteiger partial charge in [-0.15, -0.1) is 0 Å². The van der Waals surface area contributed by atoms with Gasteiger partial charge in [-0.05, 0) is 12.0 Å². The van der Waals surface area contributed by atoms with E-state index in [-0.39, 0.29) is 11.8 Å². The molecule has 1 N–H and O–H groups in total. The summed E-state index contributed by atoms with van der Waals surface area (Å²) in [5.74, 6) is 0.566. The number of hydrogen-bond acceptors (Lipinski definition) is 4. The van der Waals surface area contributed by atoms with E-state index in [0.717, 1.165) is 12.2 Å². The van der Waals surface area contributed by atoms with Gasteiger partial charge in [0.2, 0.25) is 5.91 Å². The molecule has 22 heavy (non-hydrogen) atoms. The van der Waals surface area contributed by atoms with Crippen LogP contribution in [-0.2, 0) is 4.79 Å². The number of nitrogens with zero attached hydrogens (tertiary/aromatic N) is 3. The molecule has 0 aliphatic carbocycles. The smallest absolute Gasteiger partial charge is 0.255 e. The van der Waals surface area contributed by atoms with E-state index in [2.05, 4.69) is 24.1 Å². The predicted octanol–water partition coefficient (Wildman–Crippen LogP) is 1.45. The number of carbonyl (C=O) groups excluding carboxylic acids is 2. The Bertz CT molecular complexity index is 537. The molecule has 0 unspecified atom stereocenters. The standard InChI is InChI=1S/C16H24N4O2/c1-12(2)9-18-15-8-14(10-17-11-15)16(22)20-6-4-19(5-7-20)13(3)21/h8,10-12,18H,4-7,9H2,1-3H3. The van der Waals surface area contributed by atoms with Crippen LogP contribution in [0.25, 0.3) is 0 Å². The number of pyridine rings is 1. The summed E-state index contributed by atoms with van der Waals surface area (Å²) in [6, 6.07) is 1.84. The molecule has 1 saturated heterocycles. The molecule has 0 saturated carbocycles. The summed E-state index contributed by atoms with van der Waals surface area (Å²) in [4.78, 5) is 31.5. The lowest BCUT2D eigenvalue weighted by atomic mass is 10.2. The first-order valence-electron chi connectivity index (χ1n) is 7.71. The van der Waals surface area contributed by atoms with Crippen molar-refractivity contribution in [2.45, 2.75) is 20.8 Å². The largest absolute Gasteiger partial charge is 0.384 e. The molecule has 0 atom stereocenters. The molecule has 1 aliphatic heterocycles. The van der Waals surface area contributed by atoms with Crippen LogP contribution in [-0.4, -0.2) is 59.3 Å². The highest BCUT2D eigenvalue weighted by molar-refractivity contribution is 5.95. The van der Waals surface area contributed by atoms with Gasteiger partial charge in [0.25, 0.3) is 5.91 Å². The average molecular weight is 304 g/mol. The van der Waals surface area contributed by atoms with Crippen molar-refractivity contribution in [3.8, 4) is 0 Å². The molecule has 6 heteroatoms. The third-order valence-electron chi connectivity index (χ3n) is 3.71. The van der Waals surface area contributed by atoms with Crippen LogP contribution in [0.5, 0.6) is 0 Å². The molecule has 0 aromatic carbocycles. The van der Waals surface area contributed by atoms with Crippen LogP contribution < -0.4 is 5.32 Å². The van der Waals surface area contributed by atoms with E-state index in [1.807, 2.05) is 6.07 Å². The quantitative estimate of drug-likeness (QED) is 0.914. The van der Waals surface area contributed by atoms with Gasteiger partial charge in [0.15, 0.2) is 0 Å². The molecule has 2 rings (SSSR count). The maximum Gasteiger partial charge on any atom is 0.255 e. The van der Waals surface area contributed by atoms with Crippen molar-refractivity contribution >= 4 is 17.5 Å². The summed E-state index contributed by atoms with van der Waals surface area (Å²) < 4.78 is 0. The van der Waals surface area contributed by atoms with E-state index in [0.29, 0.717) is 37.7 Å². The van der Waals surface area contributed by atoms with E-state index >= 15 is 0 Å². The molecule has 0 spiro atoms. The van der Waals surface area contributed by atoms with Gasteiger partial charge in [-0.25, -0.2) is 0 Å². The van der Waals surface area contributed by atoms with Crippen LogP contribution in [0.1, 0.15) is 31.1 Å². The molecular formula is C16H24N4O2. The lowest BCUT2D eigenvalue weighted by molar-refractivity contribution is -0.130. The third kappa shape index (κ3) is 4.19. The van der Waals surface area contributed by atoms with E-state index in [4.69, 9.17) is 0 Å². The number of carbonyl (C=O) groups is 2. The monoisotopic (exact) mass is 304 g/mol. The number of anilines is 1. The van der Waals surface area contributed by atoms with Gasteiger partial charge >= 0.3 is 0 Å². The molecule has 1 aromatic heterocycles. The van der Waals surface area contributed by atoms with Crippen molar-refractivity contribution in [1.82, 2.24) is 14.8 Å². The summed E-state index contributed by atoms with van der Waals surface area (Å²) in [5.41, 5.74) is 1.45. The van der Waals surface area contributed by atoms with Gasteiger partial charge in [0.05, 0.1) is 11.3 Å². The van der Waals surface area contributed by atoms with Gasteiger partial charge in [0.1, 0.15) is 0 Å². The van der Waals surface area contributed by atoms with E-state index in [1.54, 1.807) is 29.1 Å². The van der Waals surface area contributed by atoms with Crippen LogP contribution in [0.2, 0.25) is 0 Å². The van der Waals surface area contributed by atoms with Crippen molar-refractivity contribution in [3.63, 3.8) is 0 Å². The molecular weight excluding hydrogens is 280 g/mol. The molecule has 1 aliphatic rings. The Hall–Kier alpha value is -2.11. The minimum atomic E-state index is -0.0242. The van der Waals surface area contributed by atoms with Crippen LogP contribution >= 0.6 is 0 Å². The fraction of sp³-hybridized carbons (Fsp3) is 0.562. The van der Waals surface area contributed by atoms with Crippen LogP contribution in [0.15, 0.2) is 18.5 Å². The zero-order chi connectivity index (χ0) is 16.1. The highest BCUT2D eigenvalue weighted by atomic mass is 16.2. The average Bonchev–Trinajstić information content (AvgIpc) is 2.52. The van der Waals surface area contributed by atoms with Crippen molar-refractivity contribution in [1.29, 1.82) is 0 Å². The van der Waals surface area contributed by atoms with Gasteiger partial charge in [-0.3, -0.25) is 14.6 Å². The molecule has 2 amide bonds. The molecule has 2 heterocycles. The van der Waals surface area contributed by atoms with Crippen molar-refractivity contribution in [2.24, 2.45) is 5.92 Å². The highest BCUT2D eigenvalue weighted by Gasteiger charge is 2.23. The molecule has 120 valence electrons. The summed E-state index contributed by atoms with van der Waals surface area (Å²) in [6.45, 7) is 9.00. The first-order chi connectivity index (χ1) is 10.5. The summed E-state index contributed by atoms with van der Waals surface area (Å²) in [6.07, 6.45) is 3.33. The first kappa shape index (κ1) is 16.3. The molecule has 1 aromatic rings. The summed E-state index contributed by atoms with van der Waals surface area (Å²) in [7, 11) is 0. The fourth-order valence-electron chi connectivity index (χ4n) is 2.38. The SMILES string of the molecule is CC(=O)N1CCN(C(=O)c2cncc(NCC(C)C)c2)CC1. The molecule has 0 bridgehead atoms. The Morgan fingerprint density at radius 2 is 1.82 bits per heavy atom.